The van der Waals surface area contributed by atoms with Gasteiger partial charge in [0, 0.05) is 31.8 Å². The Morgan fingerprint density at radius 1 is 1.06 bits per heavy atom. The van der Waals surface area contributed by atoms with Gasteiger partial charge in [-0.15, -0.1) is 0 Å². The monoisotopic (exact) mass is 440 g/mol. The summed E-state index contributed by atoms with van der Waals surface area (Å²) in [5.74, 6) is -0.499. The summed E-state index contributed by atoms with van der Waals surface area (Å²) in [5, 5.41) is 0. The van der Waals surface area contributed by atoms with E-state index in [2.05, 4.69) is 4.90 Å². The summed E-state index contributed by atoms with van der Waals surface area (Å²) in [6.45, 7) is 5.55. The lowest BCUT2D eigenvalue weighted by Gasteiger charge is -2.39. The topological polar surface area (TPSA) is 85.4 Å². The Hall–Kier alpha value is -2.71. The van der Waals surface area contributed by atoms with Crippen molar-refractivity contribution in [1.29, 1.82) is 0 Å². The molecule has 4 aliphatic heterocycles. The SMILES string of the molecule is CO[C@H](CN1CCC2(CC1)CCN(C1=CC(=O)OC1)C2=O)c1ccc2c(c1C)COC2=O. The Labute approximate surface area is 187 Å². The molecular formula is C24H28N2O6. The number of amides is 1. The molecule has 1 spiro atoms. The number of cyclic esters (lactones) is 2. The molecule has 0 N–H and O–H groups in total. The number of ether oxygens (including phenoxy) is 3. The molecule has 1 aromatic carbocycles. The second-order valence-electron chi connectivity index (χ2n) is 9.14. The van der Waals surface area contributed by atoms with Gasteiger partial charge in [0.05, 0.1) is 22.8 Å². The van der Waals surface area contributed by atoms with Crippen molar-refractivity contribution in [3.8, 4) is 0 Å². The van der Waals surface area contributed by atoms with E-state index in [1.54, 1.807) is 12.0 Å². The Balaban J connectivity index is 1.24. The van der Waals surface area contributed by atoms with Crippen LogP contribution >= 0.6 is 0 Å². The van der Waals surface area contributed by atoms with Crippen molar-refractivity contribution < 1.29 is 28.6 Å². The molecule has 0 bridgehead atoms. The maximum Gasteiger partial charge on any atom is 0.338 e. The number of esters is 2. The van der Waals surface area contributed by atoms with Crippen LogP contribution in [0, 0.1) is 12.3 Å². The fourth-order valence-corrected chi connectivity index (χ4v) is 5.49. The third-order valence-electron chi connectivity index (χ3n) is 7.58. The molecule has 4 heterocycles. The van der Waals surface area contributed by atoms with Crippen molar-refractivity contribution in [2.75, 3.05) is 39.9 Å². The number of rotatable bonds is 5. The van der Waals surface area contributed by atoms with Crippen molar-refractivity contribution in [2.24, 2.45) is 5.41 Å². The molecule has 2 saturated heterocycles. The predicted molar refractivity (Wildman–Crippen MR) is 114 cm³/mol. The summed E-state index contributed by atoms with van der Waals surface area (Å²) < 4.78 is 16.0. The second kappa shape index (κ2) is 8.01. The normalized spacial score (nSPS) is 23.4. The highest BCUT2D eigenvalue weighted by Gasteiger charge is 2.49. The first kappa shape index (κ1) is 21.2. The fraction of sp³-hybridized carbons (Fsp3) is 0.542. The van der Waals surface area contributed by atoms with Crippen molar-refractivity contribution in [3.05, 3.63) is 46.2 Å². The minimum absolute atomic E-state index is 0.118. The van der Waals surface area contributed by atoms with Gasteiger partial charge in [0.25, 0.3) is 0 Å². The summed E-state index contributed by atoms with van der Waals surface area (Å²) in [6.07, 6.45) is 3.73. The van der Waals surface area contributed by atoms with Crippen LogP contribution in [0.2, 0.25) is 0 Å². The number of benzene rings is 1. The van der Waals surface area contributed by atoms with E-state index < -0.39 is 0 Å². The van der Waals surface area contributed by atoms with Crippen LogP contribution in [0.3, 0.4) is 0 Å². The van der Waals surface area contributed by atoms with Gasteiger partial charge >= 0.3 is 11.9 Å². The van der Waals surface area contributed by atoms with Gasteiger partial charge in [-0.3, -0.25) is 4.79 Å². The first-order valence-corrected chi connectivity index (χ1v) is 11.2. The number of carbonyl (C=O) groups is 3. The highest BCUT2D eigenvalue weighted by molar-refractivity contribution is 5.94. The van der Waals surface area contributed by atoms with Gasteiger partial charge in [-0.25, -0.2) is 9.59 Å². The van der Waals surface area contributed by atoms with Gasteiger partial charge in [0.15, 0.2) is 0 Å². The third-order valence-corrected chi connectivity index (χ3v) is 7.58. The smallest absolute Gasteiger partial charge is 0.338 e. The summed E-state index contributed by atoms with van der Waals surface area (Å²) in [5.41, 5.74) is 4.07. The summed E-state index contributed by atoms with van der Waals surface area (Å²) >= 11 is 0. The first-order valence-electron chi connectivity index (χ1n) is 11.2. The molecular weight excluding hydrogens is 412 g/mol. The molecule has 32 heavy (non-hydrogen) atoms. The van der Waals surface area contributed by atoms with E-state index in [1.807, 2.05) is 19.1 Å². The summed E-state index contributed by atoms with van der Waals surface area (Å²) in [4.78, 5) is 40.5. The highest BCUT2D eigenvalue weighted by atomic mass is 16.5. The lowest BCUT2D eigenvalue weighted by Crippen LogP contribution is -2.45. The number of nitrogens with zero attached hydrogens (tertiary/aromatic N) is 2. The number of hydrogen-bond acceptors (Lipinski definition) is 7. The van der Waals surface area contributed by atoms with Gasteiger partial charge in [-0.05, 0) is 56.5 Å². The molecule has 1 aromatic rings. The fourth-order valence-electron chi connectivity index (χ4n) is 5.49. The van der Waals surface area contributed by atoms with Gasteiger partial charge < -0.3 is 24.0 Å². The lowest BCUT2D eigenvalue weighted by atomic mass is 9.77. The molecule has 8 nitrogen and oxygen atoms in total. The average Bonchev–Trinajstić information content (AvgIpc) is 3.47. The molecule has 1 amide bonds. The molecule has 0 saturated carbocycles. The van der Waals surface area contributed by atoms with E-state index in [9.17, 15) is 14.4 Å². The van der Waals surface area contributed by atoms with E-state index in [4.69, 9.17) is 14.2 Å². The zero-order valence-corrected chi connectivity index (χ0v) is 18.5. The molecule has 4 aliphatic rings. The van der Waals surface area contributed by atoms with Gasteiger partial charge in [-0.2, -0.15) is 0 Å². The molecule has 0 unspecified atom stereocenters. The van der Waals surface area contributed by atoms with Gasteiger partial charge in [0.1, 0.15) is 13.2 Å². The molecule has 0 aliphatic carbocycles. The molecule has 1 atom stereocenters. The summed E-state index contributed by atoms with van der Waals surface area (Å²) in [7, 11) is 1.71. The minimum atomic E-state index is -0.369. The van der Waals surface area contributed by atoms with E-state index in [0.717, 1.165) is 55.6 Å². The highest BCUT2D eigenvalue weighted by Crippen LogP contribution is 2.43. The average molecular weight is 440 g/mol. The maximum atomic E-state index is 13.2. The Morgan fingerprint density at radius 3 is 2.50 bits per heavy atom. The van der Waals surface area contributed by atoms with Crippen LogP contribution in [0.25, 0.3) is 0 Å². The molecule has 0 radical (unpaired) electrons. The van der Waals surface area contributed by atoms with Crippen LogP contribution in [0.5, 0.6) is 0 Å². The van der Waals surface area contributed by atoms with Crippen LogP contribution in [0.1, 0.15) is 52.4 Å². The van der Waals surface area contributed by atoms with Crippen molar-refractivity contribution in [1.82, 2.24) is 9.80 Å². The van der Waals surface area contributed by atoms with E-state index in [-0.39, 0.29) is 36.0 Å². The number of hydrogen-bond donors (Lipinski definition) is 0. The third kappa shape index (κ3) is 3.42. The Kier molecular flexibility index (Phi) is 5.29. The molecule has 2 fully saturated rings. The van der Waals surface area contributed by atoms with Crippen LogP contribution in [-0.2, 0) is 30.4 Å². The van der Waals surface area contributed by atoms with E-state index >= 15 is 0 Å². The van der Waals surface area contributed by atoms with Crippen LogP contribution in [-0.4, -0.2) is 67.5 Å². The number of piperidine rings is 1. The molecule has 8 heteroatoms. The second-order valence-corrected chi connectivity index (χ2v) is 9.14. The van der Waals surface area contributed by atoms with Crippen molar-refractivity contribution in [3.63, 3.8) is 0 Å². The standard InChI is InChI=1S/C24H28N2O6/c1-15-17(3-4-18-19(15)14-32-22(18)28)20(30-2)12-25-8-5-24(6-9-25)7-10-26(23(24)29)16-11-21(27)31-13-16/h3-4,11,20H,5-10,12-14H2,1-2H3/t20-/m1/s1. The van der Waals surface area contributed by atoms with Crippen molar-refractivity contribution >= 4 is 17.8 Å². The summed E-state index contributed by atoms with van der Waals surface area (Å²) in [6, 6.07) is 3.81. The quantitative estimate of drug-likeness (QED) is 0.649. The molecule has 0 aromatic heterocycles. The lowest BCUT2D eigenvalue weighted by molar-refractivity contribution is -0.138. The molecule has 170 valence electrons. The zero-order chi connectivity index (χ0) is 22.5. The van der Waals surface area contributed by atoms with E-state index in [1.165, 1.54) is 6.08 Å². The Bertz CT molecular complexity index is 1010. The first-order chi connectivity index (χ1) is 15.4. The van der Waals surface area contributed by atoms with E-state index in [0.29, 0.717) is 24.4 Å². The van der Waals surface area contributed by atoms with Gasteiger partial charge in [-0.1, -0.05) is 6.07 Å². The van der Waals surface area contributed by atoms with Crippen molar-refractivity contribution in [2.45, 2.75) is 38.9 Å². The van der Waals surface area contributed by atoms with Gasteiger partial charge in [0.2, 0.25) is 5.91 Å². The van der Waals surface area contributed by atoms with Crippen LogP contribution < -0.4 is 0 Å². The van der Waals surface area contributed by atoms with Crippen LogP contribution in [0.15, 0.2) is 23.9 Å². The zero-order valence-electron chi connectivity index (χ0n) is 18.5. The number of carbonyl (C=O) groups excluding carboxylic acids is 3. The number of methoxy groups -OCH3 is 1. The maximum absolute atomic E-state index is 13.2. The van der Waals surface area contributed by atoms with Crippen LogP contribution in [0.4, 0.5) is 0 Å². The Morgan fingerprint density at radius 2 is 1.81 bits per heavy atom. The predicted octanol–water partition coefficient (Wildman–Crippen LogP) is 2.11. The largest absolute Gasteiger partial charge is 0.457 e. The minimum Gasteiger partial charge on any atom is -0.457 e. The number of fused-ring (bicyclic) bond motifs is 1. The molecule has 5 rings (SSSR count). The number of likely N-dealkylation sites (tertiary alicyclic amines) is 2.